The smallest absolute Gasteiger partial charge is 0.329 e. The molecule has 0 radical (unpaired) electrons. The summed E-state index contributed by atoms with van der Waals surface area (Å²) in [5.41, 5.74) is 5.37. The molecule has 1 saturated carbocycles. The van der Waals surface area contributed by atoms with Crippen LogP contribution in [0.3, 0.4) is 0 Å². The van der Waals surface area contributed by atoms with Crippen LogP contribution in [0.5, 0.6) is 0 Å². The minimum absolute atomic E-state index is 0.0665. The first-order valence-electron chi connectivity index (χ1n) is 19.4. The molecule has 2 aliphatic rings. The fraction of sp³-hybridized carbons (Fsp3) is 0.784. The number of aliphatic carboxylic acids is 1. The maximum absolute atomic E-state index is 14.5. The zero-order valence-electron chi connectivity index (χ0n) is 31.9. The SMILES string of the molecule is CCCCC(NC(=O)CNC(=O)C(=O)C(CCC)NC(=O)C1CC(OCC(=O)O)CN1C(=O)C(NC(=O)C(CCC)CCC)C1CCCCC1)C(N)=O. The Kier molecular flexibility index (Phi) is 20.0. The van der Waals surface area contributed by atoms with Gasteiger partial charge in [0, 0.05) is 18.9 Å². The van der Waals surface area contributed by atoms with Crippen LogP contribution in [0.2, 0.25) is 0 Å². The third-order valence-corrected chi connectivity index (χ3v) is 9.99. The second-order valence-corrected chi connectivity index (χ2v) is 14.3. The van der Waals surface area contributed by atoms with Crippen LogP contribution in [0, 0.1) is 11.8 Å². The lowest BCUT2D eigenvalue weighted by Crippen LogP contribution is -2.58. The van der Waals surface area contributed by atoms with Gasteiger partial charge in [-0.25, -0.2) is 4.79 Å². The van der Waals surface area contributed by atoms with Crippen molar-refractivity contribution < 1.29 is 48.2 Å². The molecule has 53 heavy (non-hydrogen) atoms. The third-order valence-electron chi connectivity index (χ3n) is 9.99. The molecule has 6 amide bonds. The number of rotatable bonds is 24. The molecule has 0 aromatic carbocycles. The van der Waals surface area contributed by atoms with E-state index in [4.69, 9.17) is 10.5 Å². The summed E-state index contributed by atoms with van der Waals surface area (Å²) in [4.78, 5) is 105. The normalized spacial score (nSPS) is 19.2. The first-order valence-corrected chi connectivity index (χ1v) is 19.4. The van der Waals surface area contributed by atoms with Gasteiger partial charge in [0.05, 0.1) is 18.7 Å². The number of amides is 6. The number of carbonyl (C=O) groups is 8. The van der Waals surface area contributed by atoms with Crippen molar-refractivity contribution in [3.8, 4) is 0 Å². The number of Topliss-reactive ketones (excluding diaryl/α,β-unsaturated/α-hetero) is 1. The van der Waals surface area contributed by atoms with E-state index in [1.54, 1.807) is 6.92 Å². The van der Waals surface area contributed by atoms with E-state index in [2.05, 4.69) is 21.3 Å². The molecule has 5 unspecified atom stereocenters. The third kappa shape index (κ3) is 14.7. The van der Waals surface area contributed by atoms with E-state index < -0.39 is 84.7 Å². The van der Waals surface area contributed by atoms with Crippen LogP contribution >= 0.6 is 0 Å². The molecule has 1 heterocycles. The number of ether oxygens (including phenoxy) is 1. The molecule has 0 aromatic heterocycles. The number of nitrogens with two attached hydrogens (primary N) is 1. The highest BCUT2D eigenvalue weighted by atomic mass is 16.5. The fourth-order valence-corrected chi connectivity index (χ4v) is 7.17. The zero-order valence-corrected chi connectivity index (χ0v) is 31.9. The number of carboxylic acids is 1. The average Bonchev–Trinajstić information content (AvgIpc) is 3.57. The number of hydrogen-bond acceptors (Lipinski definition) is 9. The van der Waals surface area contributed by atoms with Gasteiger partial charge in [0.2, 0.25) is 35.3 Å². The van der Waals surface area contributed by atoms with Gasteiger partial charge in [0.15, 0.2) is 0 Å². The highest BCUT2D eigenvalue weighted by Crippen LogP contribution is 2.31. The molecule has 16 heteroatoms. The molecular formula is C37H62N6O10. The van der Waals surface area contributed by atoms with Crippen LogP contribution in [-0.2, 0) is 43.1 Å². The Morgan fingerprint density at radius 2 is 1.45 bits per heavy atom. The molecule has 1 aliphatic carbocycles. The van der Waals surface area contributed by atoms with Crippen molar-refractivity contribution in [2.24, 2.45) is 17.6 Å². The van der Waals surface area contributed by atoms with Gasteiger partial charge in [-0.1, -0.05) is 79.1 Å². The molecule has 0 aromatic rings. The molecule has 1 aliphatic heterocycles. The fourth-order valence-electron chi connectivity index (χ4n) is 7.17. The number of nitrogens with zero attached hydrogens (tertiary/aromatic N) is 1. The van der Waals surface area contributed by atoms with E-state index in [1.165, 1.54) is 4.90 Å². The standard InChI is InChI=1S/C37H62N6O10/c1-5-9-18-27(33(38)48)40-29(44)20-39-36(51)32(47)26(15-8-4)41-35(50)28-19-25(53-22-30(45)46)21-43(28)37(52)31(23-16-11-10-12-17-23)42-34(49)24(13-6-2)14-7-3/h23-28,31H,5-22H2,1-4H3,(H2,38,48)(H,39,51)(H,40,44)(H,41,50)(H,42,49)(H,45,46). The van der Waals surface area contributed by atoms with Crippen LogP contribution in [0.25, 0.3) is 0 Å². The molecular weight excluding hydrogens is 688 g/mol. The van der Waals surface area contributed by atoms with Crippen LogP contribution in [0.4, 0.5) is 0 Å². The summed E-state index contributed by atoms with van der Waals surface area (Å²) in [5.74, 6) is -6.65. The van der Waals surface area contributed by atoms with E-state index in [0.29, 0.717) is 44.9 Å². The number of hydrogen-bond donors (Lipinski definition) is 6. The Hall–Kier alpha value is -4.08. The first kappa shape index (κ1) is 45.1. The van der Waals surface area contributed by atoms with Crippen molar-refractivity contribution >= 4 is 47.2 Å². The van der Waals surface area contributed by atoms with Crippen molar-refractivity contribution in [1.29, 1.82) is 0 Å². The van der Waals surface area contributed by atoms with Gasteiger partial charge in [-0.05, 0) is 44.4 Å². The molecule has 7 N–H and O–H groups in total. The highest BCUT2D eigenvalue weighted by Gasteiger charge is 2.45. The minimum Gasteiger partial charge on any atom is -0.480 e. The second-order valence-electron chi connectivity index (χ2n) is 14.3. The predicted octanol–water partition coefficient (Wildman–Crippen LogP) is 1.47. The van der Waals surface area contributed by atoms with Gasteiger partial charge in [-0.3, -0.25) is 33.6 Å². The lowest BCUT2D eigenvalue weighted by Gasteiger charge is -2.35. The molecule has 16 nitrogen and oxygen atoms in total. The number of unbranched alkanes of at least 4 members (excludes halogenated alkanes) is 1. The van der Waals surface area contributed by atoms with Gasteiger partial charge in [0.1, 0.15) is 24.7 Å². The number of nitrogens with one attached hydrogen (secondary N) is 4. The van der Waals surface area contributed by atoms with E-state index >= 15 is 0 Å². The summed E-state index contributed by atoms with van der Waals surface area (Å²) < 4.78 is 5.53. The molecule has 2 fully saturated rings. The van der Waals surface area contributed by atoms with E-state index in [1.807, 2.05) is 20.8 Å². The highest BCUT2D eigenvalue weighted by molar-refractivity contribution is 6.38. The predicted molar refractivity (Wildman–Crippen MR) is 195 cm³/mol. The monoisotopic (exact) mass is 750 g/mol. The lowest BCUT2D eigenvalue weighted by molar-refractivity contribution is -0.145. The van der Waals surface area contributed by atoms with Crippen molar-refractivity contribution in [3.05, 3.63) is 0 Å². The first-order chi connectivity index (χ1) is 25.3. The Balaban J connectivity index is 2.28. The summed E-state index contributed by atoms with van der Waals surface area (Å²) in [5, 5.41) is 19.6. The van der Waals surface area contributed by atoms with Crippen LogP contribution in [0.1, 0.15) is 124 Å². The van der Waals surface area contributed by atoms with Crippen molar-refractivity contribution in [3.63, 3.8) is 0 Å². The van der Waals surface area contributed by atoms with Crippen LogP contribution in [-0.4, -0.2) is 107 Å². The van der Waals surface area contributed by atoms with Gasteiger partial charge < -0.3 is 41.7 Å². The maximum atomic E-state index is 14.5. The number of likely N-dealkylation sites (tertiary alicyclic amines) is 1. The summed E-state index contributed by atoms with van der Waals surface area (Å²) >= 11 is 0. The molecule has 0 spiro atoms. The number of carbonyl (C=O) groups excluding carboxylic acids is 7. The summed E-state index contributed by atoms with van der Waals surface area (Å²) in [7, 11) is 0. The Bertz CT molecular complexity index is 1270. The molecule has 300 valence electrons. The Morgan fingerprint density at radius 3 is 2.02 bits per heavy atom. The van der Waals surface area contributed by atoms with Gasteiger partial charge >= 0.3 is 5.97 Å². The maximum Gasteiger partial charge on any atom is 0.329 e. The average molecular weight is 751 g/mol. The molecule has 1 saturated heterocycles. The van der Waals surface area contributed by atoms with Crippen LogP contribution < -0.4 is 27.0 Å². The quantitative estimate of drug-likeness (QED) is 0.0776. The van der Waals surface area contributed by atoms with Crippen molar-refractivity contribution in [2.75, 3.05) is 19.7 Å². The van der Waals surface area contributed by atoms with E-state index in [9.17, 15) is 43.5 Å². The summed E-state index contributed by atoms with van der Waals surface area (Å²) in [6, 6.07) is -4.32. The van der Waals surface area contributed by atoms with Gasteiger partial charge in [-0.15, -0.1) is 0 Å². The van der Waals surface area contributed by atoms with Crippen molar-refractivity contribution in [1.82, 2.24) is 26.2 Å². The number of carboxylic acid groups (broad SMARTS) is 1. The minimum atomic E-state index is -1.30. The lowest BCUT2D eigenvalue weighted by atomic mass is 9.82. The molecule has 2 rings (SSSR count). The summed E-state index contributed by atoms with van der Waals surface area (Å²) in [6.45, 7) is 6.30. The molecule has 5 atom stereocenters. The number of ketones is 1. The molecule has 0 bridgehead atoms. The van der Waals surface area contributed by atoms with Gasteiger partial charge in [0.25, 0.3) is 5.91 Å². The Morgan fingerprint density at radius 1 is 0.811 bits per heavy atom. The largest absolute Gasteiger partial charge is 0.480 e. The second kappa shape index (κ2) is 23.6. The van der Waals surface area contributed by atoms with Gasteiger partial charge in [-0.2, -0.15) is 0 Å². The Labute approximate surface area is 312 Å². The topological polar surface area (TPSA) is 243 Å². The van der Waals surface area contributed by atoms with Crippen LogP contribution in [0.15, 0.2) is 0 Å². The zero-order chi connectivity index (χ0) is 39.5. The summed E-state index contributed by atoms with van der Waals surface area (Å²) in [6.07, 6.45) is 8.49. The van der Waals surface area contributed by atoms with E-state index in [-0.39, 0.29) is 37.1 Å². The van der Waals surface area contributed by atoms with Crippen molar-refractivity contribution in [2.45, 2.75) is 154 Å². The van der Waals surface area contributed by atoms with E-state index in [0.717, 1.165) is 38.5 Å². The number of primary amides is 1.